The van der Waals surface area contributed by atoms with Crippen molar-refractivity contribution < 1.29 is 27.1 Å². The summed E-state index contributed by atoms with van der Waals surface area (Å²) in [5.41, 5.74) is -5.19. The van der Waals surface area contributed by atoms with Crippen molar-refractivity contribution in [2.24, 2.45) is 23.7 Å². The summed E-state index contributed by atoms with van der Waals surface area (Å²) < 4.78 is 37.7. The molecule has 0 aliphatic heterocycles. The van der Waals surface area contributed by atoms with Gasteiger partial charge in [0.2, 0.25) is 23.2 Å². The first kappa shape index (κ1) is 46.3. The fraction of sp³-hybridized carbons (Fsp3) is 1.00. The minimum atomic E-state index is -2.59. The van der Waals surface area contributed by atoms with Gasteiger partial charge in [-0.15, -0.1) is 9.05 Å². The maximum Gasteiger partial charge on any atom is 0.521 e. The van der Waals surface area contributed by atoms with Gasteiger partial charge in [-0.25, -0.2) is 0 Å². The van der Waals surface area contributed by atoms with Crippen LogP contribution in [0.15, 0.2) is 0 Å². The summed E-state index contributed by atoms with van der Waals surface area (Å²) >= 11 is 20.8. The van der Waals surface area contributed by atoms with E-state index in [1.165, 1.54) is 0 Å². The summed E-state index contributed by atoms with van der Waals surface area (Å²) in [5, 5.41) is 0.0826. The van der Waals surface area contributed by atoms with Crippen LogP contribution in [0.3, 0.4) is 0 Å². The highest BCUT2D eigenvalue weighted by Gasteiger charge is 2.32. The average molecular weight is 774 g/mol. The Labute approximate surface area is 296 Å². The second-order valence-corrected chi connectivity index (χ2v) is 28.7. The standard InChI is InChI=1S/C30H64O6P3S5/c1-21(2)15-25(9)33-38(41,34-26(10)16-22(3)4)43-29(13)19-31-37(40)32-20-30(14)44-39(42,35-27(11)17-23(5)6)36-28(12)18-24(7)8/h21-30H,15-20H2,1-14H3/q+1. The van der Waals surface area contributed by atoms with Gasteiger partial charge < -0.3 is 18.1 Å². The molecule has 0 amide bonds. The predicted molar refractivity (Wildman–Crippen MR) is 209 cm³/mol. The van der Waals surface area contributed by atoms with Crippen molar-refractivity contribution in [3.8, 4) is 0 Å². The zero-order valence-corrected chi connectivity index (χ0v) is 36.6. The van der Waals surface area contributed by atoms with Gasteiger partial charge in [0.05, 0.1) is 24.4 Å². The van der Waals surface area contributed by atoms with Crippen LogP contribution in [0.1, 0.15) is 123 Å². The Balaban J connectivity index is 5.14. The highest BCUT2D eigenvalue weighted by molar-refractivity contribution is 8.68. The van der Waals surface area contributed by atoms with Crippen LogP contribution in [-0.2, 0) is 62.6 Å². The average Bonchev–Trinajstić information content (AvgIpc) is 2.77. The zero-order chi connectivity index (χ0) is 34.3. The minimum absolute atomic E-state index is 0.0279. The highest BCUT2D eigenvalue weighted by Crippen LogP contribution is 2.66. The van der Waals surface area contributed by atoms with E-state index in [0.29, 0.717) is 36.9 Å². The predicted octanol–water partition coefficient (Wildman–Crippen LogP) is 12.3. The van der Waals surface area contributed by atoms with E-state index >= 15 is 0 Å². The summed E-state index contributed by atoms with van der Waals surface area (Å²) in [7, 11) is -1.49. The molecule has 264 valence electrons. The van der Waals surface area contributed by atoms with E-state index in [4.69, 9.17) is 62.6 Å². The van der Waals surface area contributed by atoms with Gasteiger partial charge in [-0.2, -0.15) is 0 Å². The lowest BCUT2D eigenvalue weighted by molar-refractivity contribution is 0.143. The maximum absolute atomic E-state index is 6.43. The molecule has 6 nitrogen and oxygen atoms in total. The van der Waals surface area contributed by atoms with Gasteiger partial charge in [-0.1, -0.05) is 92.0 Å². The Morgan fingerprint density at radius 3 is 0.909 bits per heavy atom. The maximum atomic E-state index is 6.43. The Morgan fingerprint density at radius 2 is 0.705 bits per heavy atom. The molecule has 14 heteroatoms. The van der Waals surface area contributed by atoms with E-state index in [2.05, 4.69) is 96.9 Å². The van der Waals surface area contributed by atoms with Gasteiger partial charge in [-0.3, -0.25) is 0 Å². The van der Waals surface area contributed by atoms with Gasteiger partial charge in [0.15, 0.2) is 0 Å². The second kappa shape index (κ2) is 23.6. The Hall–Kier alpha value is 2.28. The normalized spacial score (nSPS) is 19.9. The van der Waals surface area contributed by atoms with Gasteiger partial charge in [0, 0.05) is 10.5 Å². The van der Waals surface area contributed by atoms with Crippen LogP contribution in [0.25, 0.3) is 0 Å². The van der Waals surface area contributed by atoms with Crippen molar-refractivity contribution in [2.45, 2.75) is 158 Å². The minimum Gasteiger partial charge on any atom is -0.319 e. The van der Waals surface area contributed by atoms with E-state index in [0.717, 1.165) is 25.7 Å². The molecule has 0 saturated carbocycles. The summed E-state index contributed by atoms with van der Waals surface area (Å²) in [6.07, 6.45) is 3.85. The molecule has 0 N–H and O–H groups in total. The lowest BCUT2D eigenvalue weighted by Crippen LogP contribution is -2.16. The molecule has 0 bridgehead atoms. The number of rotatable bonds is 26. The van der Waals surface area contributed by atoms with E-state index in [-0.39, 0.29) is 34.9 Å². The summed E-state index contributed by atoms with van der Waals surface area (Å²) in [6.45, 7) is 30.9. The van der Waals surface area contributed by atoms with E-state index in [9.17, 15) is 0 Å². The monoisotopic (exact) mass is 773 g/mol. The molecule has 0 aliphatic rings. The molecule has 6 unspecified atom stereocenters. The molecule has 0 radical (unpaired) electrons. The van der Waals surface area contributed by atoms with Crippen molar-refractivity contribution in [3.63, 3.8) is 0 Å². The summed E-state index contributed by atoms with van der Waals surface area (Å²) in [5.74, 6) is 2.08. The molecule has 0 aromatic rings. The molecule has 0 saturated heterocycles. The molecular formula is C30H64O6P3S5+. The van der Waals surface area contributed by atoms with Crippen LogP contribution in [-0.4, -0.2) is 48.1 Å². The first-order chi connectivity index (χ1) is 20.1. The smallest absolute Gasteiger partial charge is 0.319 e. The van der Waals surface area contributed by atoms with Crippen molar-refractivity contribution in [1.29, 1.82) is 0 Å². The van der Waals surface area contributed by atoms with E-state index < -0.39 is 18.5 Å². The van der Waals surface area contributed by atoms with Crippen LogP contribution in [0.4, 0.5) is 0 Å². The quantitative estimate of drug-likeness (QED) is 0.0790. The fourth-order valence-corrected chi connectivity index (χ4v) is 19.4. The largest absolute Gasteiger partial charge is 0.521 e. The Morgan fingerprint density at radius 1 is 0.477 bits per heavy atom. The third kappa shape index (κ3) is 24.4. The van der Waals surface area contributed by atoms with Crippen molar-refractivity contribution in [2.75, 3.05) is 13.2 Å². The van der Waals surface area contributed by atoms with Gasteiger partial charge in [-0.05, 0) is 101 Å². The molecule has 0 heterocycles. The van der Waals surface area contributed by atoms with Gasteiger partial charge in [0.1, 0.15) is 13.2 Å². The van der Waals surface area contributed by atoms with Crippen molar-refractivity contribution in [3.05, 3.63) is 0 Å². The number of hydrogen-bond acceptors (Lipinski definition) is 11. The van der Waals surface area contributed by atoms with Crippen LogP contribution in [0.5, 0.6) is 0 Å². The molecule has 6 atom stereocenters. The SMILES string of the molecule is CC(C)CC(C)OP(=S)(OC(C)CC(C)C)SC(C)CO[P+](=S)OCC(C)SP(=S)(OC(C)CC(C)C)OC(C)CC(C)C. The van der Waals surface area contributed by atoms with Crippen LogP contribution in [0.2, 0.25) is 0 Å². The zero-order valence-electron chi connectivity index (χ0n) is 29.8. The first-order valence-corrected chi connectivity index (χ1v) is 26.6. The summed E-state index contributed by atoms with van der Waals surface area (Å²) in [6, 6.07) is 0. The molecule has 0 fully saturated rings. The fourth-order valence-electron chi connectivity index (χ4n) is 4.73. The second-order valence-electron chi connectivity index (χ2n) is 13.7. The highest BCUT2D eigenvalue weighted by atomic mass is 32.9. The summed E-state index contributed by atoms with van der Waals surface area (Å²) in [4.78, 5) is 0. The third-order valence-electron chi connectivity index (χ3n) is 5.90. The van der Waals surface area contributed by atoms with Crippen molar-refractivity contribution in [1.82, 2.24) is 0 Å². The molecule has 0 rings (SSSR count). The first-order valence-electron chi connectivity index (χ1n) is 16.2. The molecule has 44 heavy (non-hydrogen) atoms. The van der Waals surface area contributed by atoms with Crippen LogP contribution < -0.4 is 0 Å². The van der Waals surface area contributed by atoms with E-state index in [1.807, 2.05) is 0 Å². The van der Waals surface area contributed by atoms with Crippen molar-refractivity contribution >= 4 is 76.7 Å². The lowest BCUT2D eigenvalue weighted by atomic mass is 10.1. The Kier molecular flexibility index (Phi) is 24.9. The van der Waals surface area contributed by atoms with Crippen LogP contribution >= 0.6 is 41.3 Å². The lowest BCUT2D eigenvalue weighted by Gasteiger charge is -2.30. The van der Waals surface area contributed by atoms with Crippen LogP contribution in [0, 0.1) is 23.7 Å². The van der Waals surface area contributed by atoms with E-state index in [1.54, 1.807) is 22.8 Å². The van der Waals surface area contributed by atoms with Gasteiger partial charge in [0.25, 0.3) is 0 Å². The Bertz CT molecular complexity index is 783. The third-order valence-corrected chi connectivity index (χ3v) is 18.6. The molecule has 0 spiro atoms. The topological polar surface area (TPSA) is 55.4 Å². The van der Waals surface area contributed by atoms with Gasteiger partial charge >= 0.3 is 7.15 Å². The molecular weight excluding hydrogens is 710 g/mol. The molecule has 0 aromatic carbocycles. The number of hydrogen-bond donors (Lipinski definition) is 0. The molecule has 0 aromatic heterocycles. The molecule has 0 aliphatic carbocycles.